The van der Waals surface area contributed by atoms with E-state index in [1.807, 2.05) is 12.1 Å². The number of aliphatic hydroxyl groups is 1. The quantitative estimate of drug-likeness (QED) is 0.795. The molecule has 1 saturated carbocycles. The van der Waals surface area contributed by atoms with Crippen LogP contribution in [0.5, 0.6) is 5.75 Å². The van der Waals surface area contributed by atoms with Crippen molar-refractivity contribution in [2.45, 2.75) is 51.2 Å². The Morgan fingerprint density at radius 3 is 2.53 bits per heavy atom. The van der Waals surface area contributed by atoms with E-state index in [-0.39, 0.29) is 0 Å². The first-order valence-corrected chi connectivity index (χ1v) is 7.37. The molecule has 0 heterocycles. The molecule has 3 heteroatoms. The van der Waals surface area contributed by atoms with Crippen LogP contribution in [0.25, 0.3) is 0 Å². The summed E-state index contributed by atoms with van der Waals surface area (Å²) in [4.78, 5) is 0. The first-order chi connectivity index (χ1) is 9.22. The maximum atomic E-state index is 10.2. The molecule has 1 aromatic carbocycles. The molecular formula is C16H25NO2. The van der Waals surface area contributed by atoms with Crippen molar-refractivity contribution in [3.05, 3.63) is 29.8 Å². The fourth-order valence-electron chi connectivity index (χ4n) is 2.57. The van der Waals surface area contributed by atoms with E-state index in [2.05, 4.69) is 24.4 Å². The highest BCUT2D eigenvalue weighted by atomic mass is 16.5. The van der Waals surface area contributed by atoms with Crippen molar-refractivity contribution in [1.82, 2.24) is 5.32 Å². The van der Waals surface area contributed by atoms with Gasteiger partial charge in [0.25, 0.3) is 0 Å². The lowest BCUT2D eigenvalue weighted by molar-refractivity contribution is 0.0475. The van der Waals surface area contributed by atoms with Gasteiger partial charge in [0.05, 0.1) is 12.2 Å². The zero-order valence-corrected chi connectivity index (χ0v) is 11.8. The van der Waals surface area contributed by atoms with Crippen molar-refractivity contribution < 1.29 is 9.84 Å². The van der Waals surface area contributed by atoms with Crippen molar-refractivity contribution in [1.29, 1.82) is 0 Å². The van der Waals surface area contributed by atoms with Crippen LogP contribution in [0.1, 0.15) is 44.6 Å². The lowest BCUT2D eigenvalue weighted by atomic mass is 10.0. The van der Waals surface area contributed by atoms with Gasteiger partial charge in [0, 0.05) is 13.1 Å². The van der Waals surface area contributed by atoms with Crippen LogP contribution < -0.4 is 10.1 Å². The standard InChI is InChI=1S/C16H25NO2/c1-2-11-19-15-7-5-14(6-8-15)12-17-13-16(18)9-3-4-10-16/h5-8,17-18H,2-4,9-13H2,1H3. The van der Waals surface area contributed by atoms with Crippen molar-refractivity contribution in [2.75, 3.05) is 13.2 Å². The molecule has 0 radical (unpaired) electrons. The van der Waals surface area contributed by atoms with Crippen molar-refractivity contribution in [3.8, 4) is 5.75 Å². The average molecular weight is 263 g/mol. The van der Waals surface area contributed by atoms with E-state index in [1.165, 1.54) is 5.56 Å². The first-order valence-electron chi connectivity index (χ1n) is 7.37. The van der Waals surface area contributed by atoms with E-state index in [4.69, 9.17) is 4.74 Å². The van der Waals surface area contributed by atoms with E-state index in [0.717, 1.165) is 51.0 Å². The number of nitrogens with one attached hydrogen (secondary N) is 1. The summed E-state index contributed by atoms with van der Waals surface area (Å²) in [7, 11) is 0. The zero-order valence-electron chi connectivity index (χ0n) is 11.8. The van der Waals surface area contributed by atoms with E-state index < -0.39 is 5.60 Å². The minimum absolute atomic E-state index is 0.468. The Kier molecular flexibility index (Phi) is 5.23. The summed E-state index contributed by atoms with van der Waals surface area (Å²) in [5.74, 6) is 0.931. The SMILES string of the molecule is CCCOc1ccc(CNCC2(O)CCCC2)cc1. The van der Waals surface area contributed by atoms with Gasteiger partial charge in [-0.15, -0.1) is 0 Å². The van der Waals surface area contributed by atoms with Gasteiger partial charge in [-0.05, 0) is 37.0 Å². The van der Waals surface area contributed by atoms with E-state index in [1.54, 1.807) is 0 Å². The number of benzene rings is 1. The van der Waals surface area contributed by atoms with Gasteiger partial charge in [0.2, 0.25) is 0 Å². The molecule has 1 aliphatic carbocycles. The minimum atomic E-state index is -0.468. The average Bonchev–Trinajstić information content (AvgIpc) is 2.85. The Balaban J connectivity index is 1.73. The summed E-state index contributed by atoms with van der Waals surface area (Å²) < 4.78 is 5.55. The molecule has 0 unspecified atom stereocenters. The highest BCUT2D eigenvalue weighted by molar-refractivity contribution is 5.27. The number of ether oxygens (including phenoxy) is 1. The molecule has 1 aromatic rings. The largest absolute Gasteiger partial charge is 0.494 e. The third-order valence-corrected chi connectivity index (χ3v) is 3.71. The summed E-state index contributed by atoms with van der Waals surface area (Å²) in [6, 6.07) is 8.18. The lowest BCUT2D eigenvalue weighted by Crippen LogP contribution is -2.37. The molecule has 0 amide bonds. The number of hydrogen-bond donors (Lipinski definition) is 2. The molecule has 2 N–H and O–H groups in total. The fraction of sp³-hybridized carbons (Fsp3) is 0.625. The molecule has 106 valence electrons. The van der Waals surface area contributed by atoms with Gasteiger partial charge >= 0.3 is 0 Å². The predicted octanol–water partition coefficient (Wildman–Crippen LogP) is 2.87. The van der Waals surface area contributed by atoms with Crippen molar-refractivity contribution >= 4 is 0 Å². The molecule has 0 saturated heterocycles. The summed E-state index contributed by atoms with van der Waals surface area (Å²) in [5, 5.41) is 13.6. The van der Waals surface area contributed by atoms with E-state index in [0.29, 0.717) is 6.54 Å². The van der Waals surface area contributed by atoms with Crippen LogP contribution in [-0.4, -0.2) is 23.9 Å². The molecule has 0 aromatic heterocycles. The van der Waals surface area contributed by atoms with Gasteiger partial charge in [-0.1, -0.05) is 31.9 Å². The van der Waals surface area contributed by atoms with Crippen LogP contribution in [0.3, 0.4) is 0 Å². The second-order valence-corrected chi connectivity index (χ2v) is 5.53. The summed E-state index contributed by atoms with van der Waals surface area (Å²) in [5.41, 5.74) is 0.759. The van der Waals surface area contributed by atoms with Gasteiger partial charge in [0.1, 0.15) is 5.75 Å². The Morgan fingerprint density at radius 2 is 1.89 bits per heavy atom. The Hall–Kier alpha value is -1.06. The summed E-state index contributed by atoms with van der Waals surface area (Å²) in [6.45, 7) is 4.37. The van der Waals surface area contributed by atoms with Crippen LogP contribution in [0.15, 0.2) is 24.3 Å². The van der Waals surface area contributed by atoms with Gasteiger partial charge < -0.3 is 15.2 Å². The number of hydrogen-bond acceptors (Lipinski definition) is 3. The molecule has 0 atom stereocenters. The Morgan fingerprint density at radius 1 is 1.21 bits per heavy atom. The first kappa shape index (κ1) is 14.4. The topological polar surface area (TPSA) is 41.5 Å². The minimum Gasteiger partial charge on any atom is -0.494 e. The molecule has 1 fully saturated rings. The maximum Gasteiger partial charge on any atom is 0.119 e. The summed E-state index contributed by atoms with van der Waals surface area (Å²) >= 11 is 0. The normalized spacial score (nSPS) is 17.6. The third kappa shape index (κ3) is 4.51. The van der Waals surface area contributed by atoms with Crippen LogP contribution in [0, 0.1) is 0 Å². The Bertz CT molecular complexity index is 369. The van der Waals surface area contributed by atoms with Crippen LogP contribution in [0.2, 0.25) is 0 Å². The van der Waals surface area contributed by atoms with E-state index in [9.17, 15) is 5.11 Å². The maximum absolute atomic E-state index is 10.2. The summed E-state index contributed by atoms with van der Waals surface area (Å²) in [6.07, 6.45) is 5.21. The highest BCUT2D eigenvalue weighted by Crippen LogP contribution is 2.28. The van der Waals surface area contributed by atoms with Crippen LogP contribution in [-0.2, 0) is 6.54 Å². The molecule has 1 aliphatic rings. The monoisotopic (exact) mass is 263 g/mol. The molecular weight excluding hydrogens is 238 g/mol. The van der Waals surface area contributed by atoms with Crippen LogP contribution in [0.4, 0.5) is 0 Å². The van der Waals surface area contributed by atoms with E-state index >= 15 is 0 Å². The molecule has 0 aliphatic heterocycles. The van der Waals surface area contributed by atoms with Gasteiger partial charge in [-0.3, -0.25) is 0 Å². The van der Waals surface area contributed by atoms with Gasteiger partial charge in [-0.2, -0.15) is 0 Å². The van der Waals surface area contributed by atoms with Gasteiger partial charge in [-0.25, -0.2) is 0 Å². The smallest absolute Gasteiger partial charge is 0.119 e. The molecule has 0 bridgehead atoms. The molecule has 2 rings (SSSR count). The third-order valence-electron chi connectivity index (χ3n) is 3.71. The second-order valence-electron chi connectivity index (χ2n) is 5.53. The predicted molar refractivity (Wildman–Crippen MR) is 77.4 cm³/mol. The fourth-order valence-corrected chi connectivity index (χ4v) is 2.57. The second kappa shape index (κ2) is 6.92. The highest BCUT2D eigenvalue weighted by Gasteiger charge is 2.30. The van der Waals surface area contributed by atoms with Crippen molar-refractivity contribution in [2.24, 2.45) is 0 Å². The molecule has 3 nitrogen and oxygen atoms in total. The molecule has 19 heavy (non-hydrogen) atoms. The lowest BCUT2D eigenvalue weighted by Gasteiger charge is -2.22. The van der Waals surface area contributed by atoms with Gasteiger partial charge in [0.15, 0.2) is 0 Å². The van der Waals surface area contributed by atoms with Crippen molar-refractivity contribution in [3.63, 3.8) is 0 Å². The van der Waals surface area contributed by atoms with Crippen LogP contribution >= 0.6 is 0 Å². The zero-order chi connectivity index (χ0) is 13.6. The molecule has 0 spiro atoms. The number of rotatable bonds is 7. The Labute approximate surface area is 116 Å².